The molecule has 1 aromatic heterocycles. The van der Waals surface area contributed by atoms with E-state index in [4.69, 9.17) is 9.47 Å². The summed E-state index contributed by atoms with van der Waals surface area (Å²) in [5, 5.41) is 9.91. The maximum atomic E-state index is 13.8. The van der Waals surface area contributed by atoms with Gasteiger partial charge in [-0.3, -0.25) is 4.79 Å². The number of carbonyl (C=O) groups is 1. The van der Waals surface area contributed by atoms with E-state index in [-0.39, 0.29) is 27.7 Å². The number of methoxy groups -OCH3 is 1. The summed E-state index contributed by atoms with van der Waals surface area (Å²) in [6, 6.07) is 24.2. The van der Waals surface area contributed by atoms with Crippen molar-refractivity contribution in [2.24, 2.45) is 0 Å². The normalized spacial score (nSPS) is 13.6. The molecule has 0 bridgehead atoms. The van der Waals surface area contributed by atoms with Gasteiger partial charge in [0.25, 0.3) is 0 Å². The lowest BCUT2D eigenvalue weighted by atomic mass is 10.0. The van der Waals surface area contributed by atoms with Crippen molar-refractivity contribution in [3.05, 3.63) is 113 Å². The number of allylic oxidation sites excluding steroid dienone is 1. The van der Waals surface area contributed by atoms with E-state index >= 15 is 0 Å². The number of ether oxygens (including phenoxy) is 2. The number of alkyl halides is 3. The Morgan fingerprint density at radius 2 is 1.80 bits per heavy atom. The molecule has 0 amide bonds. The van der Waals surface area contributed by atoms with Crippen LogP contribution in [0.5, 0.6) is 5.75 Å². The number of carbonyl (C=O) groups excluding carboxylic acids is 1. The highest BCUT2D eigenvalue weighted by atomic mass is 32.2. The third kappa shape index (κ3) is 7.30. The van der Waals surface area contributed by atoms with Crippen LogP contribution in [0.15, 0.2) is 90.0 Å². The lowest BCUT2D eigenvalue weighted by Crippen LogP contribution is -2.36. The van der Waals surface area contributed by atoms with Gasteiger partial charge in [-0.2, -0.15) is 18.4 Å². The number of anilines is 1. The van der Waals surface area contributed by atoms with Crippen LogP contribution in [0.25, 0.3) is 17.2 Å². The van der Waals surface area contributed by atoms with Gasteiger partial charge in [0, 0.05) is 41.2 Å². The van der Waals surface area contributed by atoms with Gasteiger partial charge in [0.05, 0.1) is 25.9 Å². The standard InChI is InChI=1S/C34H28F3N3O3S/c1-42-31-14-8-23(7-13-30(41)25-9-11-27(12-10-25)40-15-17-43-18-16-40)19-26(31)22-44-33-29(21-38)28(24-5-3-2-4-6-24)20-32(39-33)34(35,36)37/h2-14,19-20H,15-18,22H2,1H3/b13-7+. The lowest BCUT2D eigenvalue weighted by molar-refractivity contribution is -0.141. The van der Waals surface area contributed by atoms with E-state index in [1.807, 2.05) is 18.2 Å². The van der Waals surface area contributed by atoms with Crippen LogP contribution in [0, 0.1) is 11.3 Å². The summed E-state index contributed by atoms with van der Waals surface area (Å²) in [5.74, 6) is 0.540. The van der Waals surface area contributed by atoms with E-state index in [9.17, 15) is 23.2 Å². The molecule has 0 N–H and O–H groups in total. The van der Waals surface area contributed by atoms with E-state index in [1.54, 1.807) is 66.7 Å². The zero-order valence-corrected chi connectivity index (χ0v) is 24.6. The smallest absolute Gasteiger partial charge is 0.433 e. The highest BCUT2D eigenvalue weighted by Gasteiger charge is 2.34. The van der Waals surface area contributed by atoms with Gasteiger partial charge in [-0.25, -0.2) is 4.98 Å². The van der Waals surface area contributed by atoms with Crippen molar-refractivity contribution >= 4 is 29.3 Å². The first kappa shape index (κ1) is 30.9. The van der Waals surface area contributed by atoms with Crippen LogP contribution in [-0.4, -0.2) is 44.2 Å². The molecule has 0 radical (unpaired) electrons. The number of nitrogens with zero attached hydrogens (tertiary/aromatic N) is 3. The Morgan fingerprint density at radius 3 is 2.45 bits per heavy atom. The molecular weight excluding hydrogens is 587 g/mol. The zero-order valence-electron chi connectivity index (χ0n) is 23.8. The van der Waals surface area contributed by atoms with Gasteiger partial charge in [0.2, 0.25) is 0 Å². The molecule has 224 valence electrons. The van der Waals surface area contributed by atoms with Crippen molar-refractivity contribution in [3.63, 3.8) is 0 Å². The molecule has 1 aliphatic heterocycles. The van der Waals surface area contributed by atoms with Crippen LogP contribution in [0.4, 0.5) is 18.9 Å². The van der Waals surface area contributed by atoms with Gasteiger partial charge in [-0.1, -0.05) is 42.5 Å². The second-order valence-electron chi connectivity index (χ2n) is 9.91. The molecule has 2 heterocycles. The van der Waals surface area contributed by atoms with Crippen LogP contribution in [0.3, 0.4) is 0 Å². The minimum atomic E-state index is -4.69. The Hall–Kier alpha value is -4.59. The molecule has 1 saturated heterocycles. The summed E-state index contributed by atoms with van der Waals surface area (Å²) >= 11 is 1.02. The zero-order chi connectivity index (χ0) is 31.1. The Labute approximate surface area is 257 Å². The average Bonchev–Trinajstić information content (AvgIpc) is 3.06. The molecule has 10 heteroatoms. The number of hydrogen-bond donors (Lipinski definition) is 0. The molecule has 1 aliphatic rings. The first-order valence-corrected chi connectivity index (χ1v) is 14.8. The quantitative estimate of drug-likeness (QED) is 0.109. The molecule has 0 saturated carbocycles. The minimum absolute atomic E-state index is 0.0279. The molecule has 1 fully saturated rings. The fourth-order valence-corrected chi connectivity index (χ4v) is 5.79. The fourth-order valence-electron chi connectivity index (χ4n) is 4.81. The van der Waals surface area contributed by atoms with E-state index in [0.717, 1.165) is 36.6 Å². The third-order valence-electron chi connectivity index (χ3n) is 7.10. The Bertz CT molecular complexity index is 1700. The van der Waals surface area contributed by atoms with Gasteiger partial charge in [0.1, 0.15) is 22.5 Å². The predicted molar refractivity (Wildman–Crippen MR) is 165 cm³/mol. The summed E-state index contributed by atoms with van der Waals surface area (Å²) in [6.45, 7) is 2.97. The van der Waals surface area contributed by atoms with Gasteiger partial charge < -0.3 is 14.4 Å². The van der Waals surface area contributed by atoms with Crippen LogP contribution < -0.4 is 9.64 Å². The molecule has 0 unspecified atom stereocenters. The number of morpholine rings is 1. The summed E-state index contributed by atoms with van der Waals surface area (Å²) < 4.78 is 52.3. The number of pyridine rings is 1. The maximum absolute atomic E-state index is 13.8. The molecule has 0 aliphatic carbocycles. The van der Waals surface area contributed by atoms with Crippen LogP contribution in [-0.2, 0) is 16.7 Å². The minimum Gasteiger partial charge on any atom is -0.496 e. The van der Waals surface area contributed by atoms with Crippen molar-refractivity contribution < 1.29 is 27.4 Å². The van der Waals surface area contributed by atoms with Crippen molar-refractivity contribution in [1.82, 2.24) is 4.98 Å². The summed E-state index contributed by atoms with van der Waals surface area (Å²) in [5.41, 5.74) is 2.62. The number of thioether (sulfide) groups is 1. The van der Waals surface area contributed by atoms with Crippen LogP contribution in [0.1, 0.15) is 32.7 Å². The second-order valence-corrected chi connectivity index (χ2v) is 10.9. The summed E-state index contributed by atoms with van der Waals surface area (Å²) in [6.07, 6.45) is -1.52. The number of rotatable bonds is 9. The van der Waals surface area contributed by atoms with E-state index in [0.29, 0.717) is 41.2 Å². The molecule has 44 heavy (non-hydrogen) atoms. The van der Waals surface area contributed by atoms with E-state index in [1.165, 1.54) is 13.2 Å². The first-order chi connectivity index (χ1) is 21.3. The summed E-state index contributed by atoms with van der Waals surface area (Å²) in [7, 11) is 1.50. The van der Waals surface area contributed by atoms with Crippen molar-refractivity contribution in [1.29, 1.82) is 5.26 Å². The van der Waals surface area contributed by atoms with Gasteiger partial charge in [-0.05, 0) is 59.7 Å². The number of halogens is 3. The molecule has 5 rings (SSSR count). The Morgan fingerprint density at radius 1 is 1.07 bits per heavy atom. The van der Waals surface area contributed by atoms with Gasteiger partial charge in [0.15, 0.2) is 5.78 Å². The molecule has 3 aromatic carbocycles. The second kappa shape index (κ2) is 13.8. The monoisotopic (exact) mass is 615 g/mol. The molecule has 0 spiro atoms. The Kier molecular flexibility index (Phi) is 9.68. The first-order valence-electron chi connectivity index (χ1n) is 13.8. The number of benzene rings is 3. The predicted octanol–water partition coefficient (Wildman–Crippen LogP) is 7.67. The highest BCUT2D eigenvalue weighted by molar-refractivity contribution is 7.98. The average molecular weight is 616 g/mol. The molecular formula is C34H28F3N3O3S. The largest absolute Gasteiger partial charge is 0.496 e. The molecule has 4 aromatic rings. The third-order valence-corrected chi connectivity index (χ3v) is 8.12. The maximum Gasteiger partial charge on any atom is 0.433 e. The van der Waals surface area contributed by atoms with E-state index in [2.05, 4.69) is 9.88 Å². The lowest BCUT2D eigenvalue weighted by Gasteiger charge is -2.28. The summed E-state index contributed by atoms with van der Waals surface area (Å²) in [4.78, 5) is 18.9. The van der Waals surface area contributed by atoms with Gasteiger partial charge in [-0.15, -0.1) is 11.8 Å². The number of hydrogen-bond acceptors (Lipinski definition) is 7. The van der Waals surface area contributed by atoms with Gasteiger partial charge >= 0.3 is 6.18 Å². The number of ketones is 1. The molecule has 0 atom stereocenters. The van der Waals surface area contributed by atoms with Crippen molar-refractivity contribution in [2.45, 2.75) is 17.0 Å². The highest BCUT2D eigenvalue weighted by Crippen LogP contribution is 2.38. The van der Waals surface area contributed by atoms with E-state index < -0.39 is 11.9 Å². The SMILES string of the molecule is COc1ccc(/C=C/C(=O)c2ccc(N3CCOCC3)cc2)cc1CSc1nc(C(F)(F)F)cc(-c2ccccc2)c1C#N. The Balaban J connectivity index is 1.36. The number of nitriles is 1. The number of aromatic nitrogens is 1. The van der Waals surface area contributed by atoms with Crippen LogP contribution >= 0.6 is 11.8 Å². The van der Waals surface area contributed by atoms with Crippen molar-refractivity contribution in [2.75, 3.05) is 38.3 Å². The molecule has 6 nitrogen and oxygen atoms in total. The fraction of sp³-hybridized carbons (Fsp3) is 0.206. The van der Waals surface area contributed by atoms with Crippen LogP contribution in [0.2, 0.25) is 0 Å². The van der Waals surface area contributed by atoms with Crippen molar-refractivity contribution in [3.8, 4) is 22.9 Å². The topological polar surface area (TPSA) is 75.4 Å².